The Labute approximate surface area is 155 Å². The number of nitrogens with one attached hydrogen (secondary N) is 1. The lowest BCUT2D eigenvalue weighted by Crippen LogP contribution is -2.31. The summed E-state index contributed by atoms with van der Waals surface area (Å²) in [7, 11) is 0. The van der Waals surface area contributed by atoms with Gasteiger partial charge in [0.1, 0.15) is 0 Å². The van der Waals surface area contributed by atoms with Gasteiger partial charge in [-0.05, 0) is 68.0 Å². The topological polar surface area (TPSA) is 55.4 Å². The molecule has 4 heteroatoms. The molecule has 0 spiro atoms. The molecule has 0 radical (unpaired) electrons. The average Bonchev–Trinajstić information content (AvgIpc) is 2.58. The first-order chi connectivity index (χ1) is 12.3. The predicted octanol–water partition coefficient (Wildman–Crippen LogP) is 3.88. The highest BCUT2D eigenvalue weighted by atomic mass is 16.5. The van der Waals surface area contributed by atoms with Crippen LogP contribution in [0.15, 0.2) is 36.4 Å². The molecule has 0 aliphatic rings. The van der Waals surface area contributed by atoms with Gasteiger partial charge in [-0.15, -0.1) is 0 Å². The van der Waals surface area contributed by atoms with E-state index in [1.807, 2.05) is 58.0 Å². The normalized spacial score (nSPS) is 11.7. The highest BCUT2D eigenvalue weighted by Gasteiger charge is 2.13. The van der Waals surface area contributed by atoms with E-state index < -0.39 is 5.97 Å². The molecule has 2 aromatic carbocycles. The Morgan fingerprint density at radius 1 is 0.923 bits per heavy atom. The summed E-state index contributed by atoms with van der Waals surface area (Å²) in [6, 6.07) is 11.8. The van der Waals surface area contributed by atoms with Crippen molar-refractivity contribution in [3.63, 3.8) is 0 Å². The van der Waals surface area contributed by atoms with E-state index in [1.54, 1.807) is 0 Å². The quantitative estimate of drug-likeness (QED) is 0.802. The third-order valence-corrected chi connectivity index (χ3v) is 4.69. The number of esters is 1. The van der Waals surface area contributed by atoms with Gasteiger partial charge in [0.2, 0.25) is 0 Å². The zero-order valence-corrected chi connectivity index (χ0v) is 16.2. The van der Waals surface area contributed by atoms with Crippen LogP contribution >= 0.6 is 0 Å². The molecule has 0 unspecified atom stereocenters. The summed E-state index contributed by atoms with van der Waals surface area (Å²) in [5.74, 6) is -0.702. The molecule has 0 saturated carbocycles. The number of aryl methyl sites for hydroxylation is 4. The average molecular weight is 353 g/mol. The molecule has 1 amide bonds. The van der Waals surface area contributed by atoms with Crippen LogP contribution in [0.2, 0.25) is 0 Å². The number of rotatable bonds is 6. The minimum absolute atomic E-state index is 0.139. The molecular formula is C22H27NO3. The molecule has 1 atom stereocenters. The molecule has 26 heavy (non-hydrogen) atoms. The Morgan fingerprint density at radius 2 is 1.54 bits per heavy atom. The van der Waals surface area contributed by atoms with Crippen molar-refractivity contribution in [2.45, 2.75) is 47.1 Å². The molecule has 0 aliphatic carbocycles. The first kappa shape index (κ1) is 19.7. The van der Waals surface area contributed by atoms with Crippen LogP contribution in [0, 0.1) is 27.7 Å². The van der Waals surface area contributed by atoms with Crippen LogP contribution in [0.3, 0.4) is 0 Å². The van der Waals surface area contributed by atoms with Crippen LogP contribution < -0.4 is 5.32 Å². The van der Waals surface area contributed by atoms with Gasteiger partial charge < -0.3 is 10.1 Å². The highest BCUT2D eigenvalue weighted by Crippen LogP contribution is 2.16. The highest BCUT2D eigenvalue weighted by molar-refractivity contribution is 5.81. The first-order valence-corrected chi connectivity index (χ1v) is 8.84. The molecule has 0 saturated heterocycles. The van der Waals surface area contributed by atoms with E-state index in [2.05, 4.69) is 18.3 Å². The summed E-state index contributed by atoms with van der Waals surface area (Å²) in [5.41, 5.74) is 6.64. The van der Waals surface area contributed by atoms with Gasteiger partial charge in [-0.1, -0.05) is 36.4 Å². The Balaban J connectivity index is 1.82. The van der Waals surface area contributed by atoms with E-state index in [0.29, 0.717) is 0 Å². The fraction of sp³-hybridized carbons (Fsp3) is 0.364. The van der Waals surface area contributed by atoms with E-state index in [9.17, 15) is 9.59 Å². The first-order valence-electron chi connectivity index (χ1n) is 8.84. The fourth-order valence-electron chi connectivity index (χ4n) is 2.68. The smallest absolute Gasteiger partial charge is 0.310 e. The van der Waals surface area contributed by atoms with Gasteiger partial charge in [0, 0.05) is 0 Å². The van der Waals surface area contributed by atoms with Gasteiger partial charge >= 0.3 is 5.97 Å². The zero-order chi connectivity index (χ0) is 19.3. The van der Waals surface area contributed by atoms with E-state index >= 15 is 0 Å². The predicted molar refractivity (Wildman–Crippen MR) is 103 cm³/mol. The van der Waals surface area contributed by atoms with Crippen molar-refractivity contribution in [3.05, 3.63) is 69.8 Å². The van der Waals surface area contributed by atoms with Crippen LogP contribution in [-0.4, -0.2) is 18.5 Å². The number of benzene rings is 2. The molecule has 1 N–H and O–H groups in total. The van der Waals surface area contributed by atoms with Gasteiger partial charge in [0.15, 0.2) is 6.61 Å². The molecule has 0 aromatic heterocycles. The van der Waals surface area contributed by atoms with Gasteiger partial charge in [0.25, 0.3) is 5.91 Å². The number of carbonyl (C=O) groups excluding carboxylic acids is 2. The van der Waals surface area contributed by atoms with Crippen LogP contribution in [0.1, 0.15) is 46.3 Å². The molecule has 4 nitrogen and oxygen atoms in total. The maximum atomic E-state index is 12.0. The van der Waals surface area contributed by atoms with Crippen molar-refractivity contribution >= 4 is 11.9 Å². The lowest BCUT2D eigenvalue weighted by atomic mass is 10.0. The Morgan fingerprint density at radius 3 is 2.15 bits per heavy atom. The van der Waals surface area contributed by atoms with Crippen LogP contribution in [0.25, 0.3) is 0 Å². The summed E-state index contributed by atoms with van der Waals surface area (Å²) in [5, 5.41) is 2.86. The van der Waals surface area contributed by atoms with E-state index in [1.165, 1.54) is 16.7 Å². The summed E-state index contributed by atoms with van der Waals surface area (Å²) < 4.78 is 5.11. The standard InChI is InChI=1S/C22H27NO3/c1-14-6-8-19(10-16(14)3)12-22(25)26-13-21(24)23-18(5)20-9-7-15(2)17(4)11-20/h6-11,18H,12-13H2,1-5H3,(H,23,24)/t18-/m0/s1. The molecule has 2 rings (SSSR count). The lowest BCUT2D eigenvalue weighted by Gasteiger charge is -2.16. The number of carbonyl (C=O) groups is 2. The minimum Gasteiger partial charge on any atom is -0.455 e. The lowest BCUT2D eigenvalue weighted by molar-refractivity contribution is -0.148. The number of hydrogen-bond acceptors (Lipinski definition) is 3. The van der Waals surface area contributed by atoms with E-state index in [-0.39, 0.29) is 25.0 Å². The van der Waals surface area contributed by atoms with Crippen molar-refractivity contribution in [1.29, 1.82) is 0 Å². The Kier molecular flexibility index (Phi) is 6.56. The second kappa shape index (κ2) is 8.65. The molecule has 0 bridgehead atoms. The molecule has 2 aromatic rings. The second-order valence-electron chi connectivity index (χ2n) is 6.89. The molecule has 0 heterocycles. The van der Waals surface area contributed by atoms with Gasteiger partial charge in [-0.25, -0.2) is 0 Å². The Hall–Kier alpha value is -2.62. The summed E-state index contributed by atoms with van der Waals surface area (Å²) in [6.45, 7) is 9.78. The number of ether oxygens (including phenoxy) is 1. The maximum Gasteiger partial charge on any atom is 0.310 e. The molecular weight excluding hydrogens is 326 g/mol. The number of amides is 1. The van der Waals surface area contributed by atoms with Crippen molar-refractivity contribution in [3.8, 4) is 0 Å². The summed E-state index contributed by atoms with van der Waals surface area (Å²) in [4.78, 5) is 24.0. The summed E-state index contributed by atoms with van der Waals surface area (Å²) >= 11 is 0. The third kappa shape index (κ3) is 5.45. The van der Waals surface area contributed by atoms with Crippen molar-refractivity contribution in [2.75, 3.05) is 6.61 Å². The SMILES string of the molecule is Cc1ccc(CC(=O)OCC(=O)N[C@@H](C)c2ccc(C)c(C)c2)cc1C. The largest absolute Gasteiger partial charge is 0.455 e. The molecule has 0 aliphatic heterocycles. The minimum atomic E-state index is -0.401. The monoisotopic (exact) mass is 353 g/mol. The van der Waals surface area contributed by atoms with Gasteiger partial charge in [0.05, 0.1) is 12.5 Å². The molecule has 138 valence electrons. The molecule has 0 fully saturated rings. The maximum absolute atomic E-state index is 12.0. The number of hydrogen-bond donors (Lipinski definition) is 1. The van der Waals surface area contributed by atoms with E-state index in [4.69, 9.17) is 4.74 Å². The van der Waals surface area contributed by atoms with Crippen molar-refractivity contribution in [2.24, 2.45) is 0 Å². The van der Waals surface area contributed by atoms with Crippen molar-refractivity contribution in [1.82, 2.24) is 5.32 Å². The van der Waals surface area contributed by atoms with Crippen LogP contribution in [-0.2, 0) is 20.7 Å². The Bertz CT molecular complexity index is 811. The van der Waals surface area contributed by atoms with Crippen LogP contribution in [0.5, 0.6) is 0 Å². The zero-order valence-electron chi connectivity index (χ0n) is 16.2. The summed E-state index contributed by atoms with van der Waals surface area (Å²) in [6.07, 6.45) is 0.168. The van der Waals surface area contributed by atoms with Crippen molar-refractivity contribution < 1.29 is 14.3 Å². The van der Waals surface area contributed by atoms with Crippen LogP contribution in [0.4, 0.5) is 0 Å². The third-order valence-electron chi connectivity index (χ3n) is 4.69. The van der Waals surface area contributed by atoms with Gasteiger partial charge in [-0.2, -0.15) is 0 Å². The second-order valence-corrected chi connectivity index (χ2v) is 6.89. The van der Waals surface area contributed by atoms with E-state index in [0.717, 1.165) is 16.7 Å². The fourth-order valence-corrected chi connectivity index (χ4v) is 2.68. The van der Waals surface area contributed by atoms with Gasteiger partial charge in [-0.3, -0.25) is 9.59 Å².